The Morgan fingerprint density at radius 3 is 0.264 bits per heavy atom. The fourth-order valence-electron chi connectivity index (χ4n) is 10.5. The number of rotatable bonds is 72. The quantitative estimate of drug-likeness (QED) is 0.0227. The molecule has 38 heteroatoms. The summed E-state index contributed by atoms with van der Waals surface area (Å²) in [5.74, 6) is 0. The molecule has 0 atom stereocenters. The van der Waals surface area contributed by atoms with Gasteiger partial charge >= 0.3 is 299 Å². The first-order valence-electron chi connectivity index (χ1n) is 40.1. The van der Waals surface area contributed by atoms with E-state index < -0.39 is 62.4 Å². The Labute approximate surface area is 855 Å². The van der Waals surface area contributed by atoms with E-state index in [1.165, 1.54) is 270 Å². The van der Waals surface area contributed by atoms with Crippen molar-refractivity contribution in [3.63, 3.8) is 0 Å². The van der Waals surface area contributed by atoms with Gasteiger partial charge in [0.1, 0.15) is 0 Å². The molecule has 0 heterocycles. The summed E-state index contributed by atoms with van der Waals surface area (Å²) in [5, 5.41) is 0. The van der Waals surface area contributed by atoms with E-state index in [9.17, 15) is 50.5 Å². The fourth-order valence-corrected chi connectivity index (χ4v) is 12.5. The standard InChI is InChI=1S/6C12H26O4S.8Na/c6*1-2-3-4-5-6-7-8-9-10-11-12-16-17(13,14)15;;;;;;;;/h6*2-12H2,1H3,(H,13,14,15);;;;;;;;/q;;;;;;8*+1. The van der Waals surface area contributed by atoms with Crippen LogP contribution in [-0.4, -0.2) is 117 Å². The molecule has 0 radical (unpaired) electrons. The molecule has 0 saturated heterocycles. The normalized spacial score (nSPS) is 11.0. The van der Waals surface area contributed by atoms with Gasteiger partial charge in [-0.3, -0.25) is 27.3 Å². The molecule has 0 bridgehead atoms. The molecule has 110 heavy (non-hydrogen) atoms. The molecular weight excluding hydrogens is 1630 g/mol. The second-order valence-corrected chi connectivity index (χ2v) is 33.1. The van der Waals surface area contributed by atoms with Crippen molar-refractivity contribution in [1.82, 2.24) is 0 Å². The Kier molecular flexibility index (Phi) is 157. The fraction of sp³-hybridized carbons (Fsp3) is 1.00. The summed E-state index contributed by atoms with van der Waals surface area (Å²) in [4.78, 5) is 0. The van der Waals surface area contributed by atoms with Crippen molar-refractivity contribution in [1.29, 1.82) is 0 Å². The predicted octanol–water partition coefficient (Wildman–Crippen LogP) is -1.61. The Balaban J connectivity index is -0.0000000826. The van der Waals surface area contributed by atoms with E-state index in [0.29, 0.717) is 38.5 Å². The molecule has 0 aliphatic rings. The van der Waals surface area contributed by atoms with Gasteiger partial charge in [-0.25, -0.2) is 25.1 Å². The molecule has 0 spiro atoms. The molecule has 0 aromatic carbocycles. The molecule has 624 valence electrons. The van der Waals surface area contributed by atoms with Crippen LogP contribution in [0.4, 0.5) is 0 Å². The predicted molar refractivity (Wildman–Crippen MR) is 416 cm³/mol. The molecule has 24 nitrogen and oxygen atoms in total. The van der Waals surface area contributed by atoms with Crippen LogP contribution in [0.15, 0.2) is 0 Å². The van der Waals surface area contributed by atoms with Crippen LogP contribution in [-0.2, 0) is 87.5 Å². The minimum Gasteiger partial charge on any atom is -0.264 e. The van der Waals surface area contributed by atoms with Crippen molar-refractivity contribution in [2.75, 3.05) is 39.6 Å². The number of unbranched alkanes of at least 4 members (excludes halogenated alkanes) is 54. The summed E-state index contributed by atoms with van der Waals surface area (Å²) in [6.45, 7) is 13.9. The van der Waals surface area contributed by atoms with E-state index in [-0.39, 0.29) is 276 Å². The Morgan fingerprint density at radius 1 is 0.136 bits per heavy atom. The SMILES string of the molecule is CCCCCCCCCCCCOS(=O)(=O)O.CCCCCCCCCCCCOS(=O)(=O)O.CCCCCCCCCCCCOS(=O)(=O)O.CCCCCCCCCCCCOS(=O)(=O)O.CCCCCCCCCCCCOS(=O)(=O)O.CCCCCCCCCCCCOS(=O)(=O)O.[Na+].[Na+].[Na+].[Na+].[Na+].[Na+].[Na+].[Na+]. The van der Waals surface area contributed by atoms with E-state index in [2.05, 4.69) is 66.6 Å². The van der Waals surface area contributed by atoms with Crippen LogP contribution >= 0.6 is 0 Å². The third-order valence-corrected chi connectivity index (χ3v) is 19.2. The van der Waals surface area contributed by atoms with E-state index in [1.54, 1.807) is 0 Å². The number of hydrogen-bond acceptors (Lipinski definition) is 18. The van der Waals surface area contributed by atoms with E-state index in [4.69, 9.17) is 27.3 Å². The molecular formula is C72H156Na8O24S6+8. The zero-order chi connectivity index (χ0) is 77.9. The van der Waals surface area contributed by atoms with Gasteiger partial charge in [0, 0.05) is 0 Å². The first-order valence-corrected chi connectivity index (χ1v) is 48.3. The smallest absolute Gasteiger partial charge is 0.264 e. The van der Waals surface area contributed by atoms with Gasteiger partial charge in [-0.2, -0.15) is 50.5 Å². The topological polar surface area (TPSA) is 382 Å². The summed E-state index contributed by atoms with van der Waals surface area (Å²) in [6.07, 6.45) is 71.1. The molecule has 0 saturated carbocycles. The summed E-state index contributed by atoms with van der Waals surface area (Å²) < 4.78 is 198. The number of hydrogen-bond donors (Lipinski definition) is 6. The summed E-state index contributed by atoms with van der Waals surface area (Å²) >= 11 is 0. The largest absolute Gasteiger partial charge is 1.00 e. The van der Waals surface area contributed by atoms with Gasteiger partial charge in [0.25, 0.3) is 0 Å². The van der Waals surface area contributed by atoms with Gasteiger partial charge in [0.05, 0.1) is 39.6 Å². The van der Waals surface area contributed by atoms with Crippen LogP contribution in [0, 0.1) is 0 Å². The van der Waals surface area contributed by atoms with Gasteiger partial charge in [0.15, 0.2) is 0 Å². The van der Waals surface area contributed by atoms with Gasteiger partial charge in [0.2, 0.25) is 0 Å². The average molecular weight is 1780 g/mol. The van der Waals surface area contributed by atoms with Crippen molar-refractivity contribution in [2.24, 2.45) is 0 Å². The minimum atomic E-state index is -4.23. The second-order valence-electron chi connectivity index (χ2n) is 26.6. The molecule has 0 unspecified atom stereocenters. The molecule has 6 N–H and O–H groups in total. The van der Waals surface area contributed by atoms with Crippen LogP contribution in [0.25, 0.3) is 0 Å². The molecule has 0 amide bonds. The van der Waals surface area contributed by atoms with Crippen LogP contribution in [0.1, 0.15) is 427 Å². The Hall–Kier alpha value is 7.22. The third-order valence-electron chi connectivity index (χ3n) is 16.4. The molecule has 0 rings (SSSR count). The van der Waals surface area contributed by atoms with Crippen molar-refractivity contribution in [3.05, 3.63) is 0 Å². The van der Waals surface area contributed by atoms with Crippen molar-refractivity contribution in [2.45, 2.75) is 427 Å². The third kappa shape index (κ3) is 181. The maximum atomic E-state index is 10.2. The second kappa shape index (κ2) is 116. The Bertz CT molecular complexity index is 1960. The molecule has 0 aromatic heterocycles. The Morgan fingerprint density at radius 2 is 0.200 bits per heavy atom. The van der Waals surface area contributed by atoms with Gasteiger partial charge in [-0.1, -0.05) is 388 Å². The molecule has 0 aliphatic carbocycles. The van der Waals surface area contributed by atoms with Crippen LogP contribution < -0.4 is 236 Å². The van der Waals surface area contributed by atoms with Crippen molar-refractivity contribution < 1.29 is 339 Å². The van der Waals surface area contributed by atoms with Crippen LogP contribution in [0.2, 0.25) is 0 Å². The molecule has 0 fully saturated rings. The van der Waals surface area contributed by atoms with E-state index >= 15 is 0 Å². The first kappa shape index (κ1) is 149. The summed E-state index contributed by atoms with van der Waals surface area (Å²) in [7, 11) is -25.4. The zero-order valence-corrected chi connectivity index (χ0v) is 94.0. The van der Waals surface area contributed by atoms with Gasteiger partial charge in [-0.15, -0.1) is 0 Å². The molecule has 0 aliphatic heterocycles. The zero-order valence-electron chi connectivity index (χ0n) is 73.2. The molecule has 0 aromatic rings. The van der Waals surface area contributed by atoms with Crippen molar-refractivity contribution >= 4 is 62.4 Å². The van der Waals surface area contributed by atoms with Gasteiger partial charge < -0.3 is 0 Å². The average Bonchev–Trinajstić information content (AvgIpc) is 1.03. The summed E-state index contributed by atoms with van der Waals surface area (Å²) in [6, 6.07) is 0. The van der Waals surface area contributed by atoms with Crippen LogP contribution in [0.3, 0.4) is 0 Å². The van der Waals surface area contributed by atoms with Crippen LogP contribution in [0.5, 0.6) is 0 Å². The monoisotopic (exact) mass is 1780 g/mol. The maximum absolute atomic E-state index is 10.2. The summed E-state index contributed by atoms with van der Waals surface area (Å²) in [5.41, 5.74) is 0. The van der Waals surface area contributed by atoms with Crippen molar-refractivity contribution in [3.8, 4) is 0 Å². The minimum absolute atomic E-state index is 0. The van der Waals surface area contributed by atoms with E-state index in [1.807, 2.05) is 0 Å². The first-order chi connectivity index (χ1) is 48.4. The van der Waals surface area contributed by atoms with E-state index in [0.717, 1.165) is 77.0 Å². The van der Waals surface area contributed by atoms with Gasteiger partial charge in [-0.05, 0) is 38.5 Å². The maximum Gasteiger partial charge on any atom is 1.00 e.